The van der Waals surface area contributed by atoms with Crippen molar-refractivity contribution in [3.8, 4) is 0 Å². The molecule has 270 valence electrons. The maximum absolute atomic E-state index is 11.9. The Kier molecular flexibility index (Phi) is 25.2. The lowest BCUT2D eigenvalue weighted by molar-refractivity contribution is -0.287. The van der Waals surface area contributed by atoms with E-state index in [9.17, 15) is 24.6 Å². The average molecular weight is 675 g/mol. The molecular formula is C33H54O14. The number of ether oxygens (including phenoxy) is 2. The van der Waals surface area contributed by atoms with Crippen LogP contribution in [0.25, 0.3) is 6.08 Å². The summed E-state index contributed by atoms with van der Waals surface area (Å²) in [6.07, 6.45) is 4.63. The summed E-state index contributed by atoms with van der Waals surface area (Å²) in [5.41, 5.74) is -1.93. The van der Waals surface area contributed by atoms with Gasteiger partial charge < -0.3 is 45.2 Å². The van der Waals surface area contributed by atoms with Crippen LogP contribution in [0.3, 0.4) is 0 Å². The van der Waals surface area contributed by atoms with Crippen LogP contribution in [0.15, 0.2) is 43.5 Å². The van der Waals surface area contributed by atoms with Crippen molar-refractivity contribution in [2.45, 2.75) is 53.1 Å². The molecule has 0 radical (unpaired) electrons. The molecule has 0 atom stereocenters. The summed E-state index contributed by atoms with van der Waals surface area (Å²) in [4.78, 5) is 43.4. The van der Waals surface area contributed by atoms with E-state index in [2.05, 4.69) is 18.0 Å². The van der Waals surface area contributed by atoms with E-state index in [1.807, 2.05) is 24.3 Å². The van der Waals surface area contributed by atoms with Crippen molar-refractivity contribution >= 4 is 24.0 Å². The largest absolute Gasteiger partial charge is 0.481 e. The lowest BCUT2D eigenvalue weighted by Crippen LogP contribution is -2.39. The Morgan fingerprint density at radius 1 is 0.681 bits per heavy atom. The van der Waals surface area contributed by atoms with E-state index >= 15 is 0 Å². The maximum atomic E-state index is 11.9. The molecule has 14 heteroatoms. The second-order valence-electron chi connectivity index (χ2n) is 10.6. The van der Waals surface area contributed by atoms with Gasteiger partial charge in [-0.2, -0.15) is 0 Å². The minimum atomic E-state index is -1.35. The molecule has 1 aromatic carbocycles. The molecule has 0 saturated heterocycles. The first-order chi connectivity index (χ1) is 22.4. The van der Waals surface area contributed by atoms with Gasteiger partial charge in [-0.3, -0.25) is 14.4 Å². The van der Waals surface area contributed by atoms with E-state index in [1.165, 1.54) is 0 Å². The van der Waals surface area contributed by atoms with Crippen LogP contribution in [-0.4, -0.2) is 113 Å². The van der Waals surface area contributed by atoms with E-state index in [-0.39, 0.29) is 19.6 Å². The summed E-state index contributed by atoms with van der Waals surface area (Å²) < 4.78 is 10.1. The van der Waals surface area contributed by atoms with Gasteiger partial charge in [-0.15, -0.1) is 6.58 Å². The summed E-state index contributed by atoms with van der Waals surface area (Å²) in [6.45, 7) is 10.3. The summed E-state index contributed by atoms with van der Waals surface area (Å²) >= 11 is 0. The van der Waals surface area contributed by atoms with Crippen molar-refractivity contribution in [3.63, 3.8) is 0 Å². The van der Waals surface area contributed by atoms with Crippen molar-refractivity contribution in [2.75, 3.05) is 59.5 Å². The lowest BCUT2D eigenvalue weighted by atomic mass is 9.87. The standard InChI is InChI=1S/C15H20O4.C12H22O6.C6H12O4/c1-3-12-5-7-13(8-6-12)9-19-14(18)15(4-2,10-16)11-17;1-3-6-17-18-8-5-7-16-11(15)12(4-2,9-13)10-14;1-2-6(3-7,4-8)5(9)10/h3,5-8,16-17H,1,4,9-11H2,2H3;3,13-14H,1,4-10H2,2H3;7-8H,2-4H2,1H3,(H,9,10). The normalized spacial score (nSPS) is 11.3. The van der Waals surface area contributed by atoms with Gasteiger partial charge in [-0.25, -0.2) is 9.78 Å². The molecule has 1 aromatic rings. The Hall–Kier alpha value is -3.21. The van der Waals surface area contributed by atoms with Gasteiger partial charge >= 0.3 is 17.9 Å². The number of rotatable bonds is 22. The van der Waals surface area contributed by atoms with Crippen molar-refractivity contribution in [1.29, 1.82) is 0 Å². The first kappa shape index (κ1) is 45.9. The summed E-state index contributed by atoms with van der Waals surface area (Å²) in [5.74, 6) is -2.32. The van der Waals surface area contributed by atoms with Gasteiger partial charge in [-0.05, 0) is 30.4 Å². The third-order valence-electron chi connectivity index (χ3n) is 7.63. The molecule has 0 aromatic heterocycles. The van der Waals surface area contributed by atoms with Crippen LogP contribution >= 0.6 is 0 Å². The monoisotopic (exact) mass is 674 g/mol. The fraction of sp³-hybridized carbons (Fsp3) is 0.606. The molecule has 0 saturated carbocycles. The zero-order valence-electron chi connectivity index (χ0n) is 27.8. The summed E-state index contributed by atoms with van der Waals surface area (Å²) in [7, 11) is 0. The summed E-state index contributed by atoms with van der Waals surface area (Å²) in [5, 5.41) is 62.5. The minimum absolute atomic E-state index is 0.123. The van der Waals surface area contributed by atoms with Gasteiger partial charge in [0.2, 0.25) is 0 Å². The predicted molar refractivity (Wildman–Crippen MR) is 172 cm³/mol. The maximum Gasteiger partial charge on any atom is 0.317 e. The first-order valence-corrected chi connectivity index (χ1v) is 15.2. The Bertz CT molecular complexity index is 988. The molecule has 0 heterocycles. The number of carboxylic acid groups (broad SMARTS) is 1. The van der Waals surface area contributed by atoms with Crippen LogP contribution in [0.4, 0.5) is 0 Å². The van der Waals surface area contributed by atoms with Gasteiger partial charge in [-0.1, -0.05) is 63.8 Å². The fourth-order valence-corrected chi connectivity index (χ4v) is 3.30. The SMILES string of the molecule is C=CCOOCCCOC(=O)C(CC)(CO)CO.C=Cc1ccc(COC(=O)C(CC)(CO)CO)cc1.CCC(CO)(CO)C(=O)O. The fourth-order valence-electron chi connectivity index (χ4n) is 3.30. The Morgan fingerprint density at radius 2 is 1.13 bits per heavy atom. The number of benzene rings is 1. The van der Waals surface area contributed by atoms with Crippen LogP contribution in [-0.2, 0) is 40.2 Å². The molecule has 0 spiro atoms. The molecule has 47 heavy (non-hydrogen) atoms. The zero-order chi connectivity index (χ0) is 36.4. The highest BCUT2D eigenvalue weighted by Crippen LogP contribution is 2.24. The molecule has 0 aliphatic heterocycles. The molecule has 0 unspecified atom stereocenters. The molecule has 7 N–H and O–H groups in total. The number of aliphatic hydroxyl groups excluding tert-OH is 6. The zero-order valence-corrected chi connectivity index (χ0v) is 27.8. The Morgan fingerprint density at radius 3 is 1.47 bits per heavy atom. The van der Waals surface area contributed by atoms with Gasteiger partial charge in [0, 0.05) is 6.42 Å². The van der Waals surface area contributed by atoms with E-state index in [0.717, 1.165) is 11.1 Å². The second-order valence-corrected chi connectivity index (χ2v) is 10.6. The highest BCUT2D eigenvalue weighted by molar-refractivity contribution is 5.77. The Balaban J connectivity index is 0. The minimum Gasteiger partial charge on any atom is -0.481 e. The number of carbonyl (C=O) groups excluding carboxylic acids is 2. The molecule has 0 amide bonds. The molecule has 0 bridgehead atoms. The van der Waals surface area contributed by atoms with Gasteiger partial charge in [0.15, 0.2) is 0 Å². The molecule has 0 aliphatic carbocycles. The van der Waals surface area contributed by atoms with E-state index in [0.29, 0.717) is 32.5 Å². The average Bonchev–Trinajstić information content (AvgIpc) is 3.10. The molecular weight excluding hydrogens is 620 g/mol. The Labute approximate surface area is 276 Å². The van der Waals surface area contributed by atoms with Crippen LogP contribution in [0.5, 0.6) is 0 Å². The molecule has 1 rings (SSSR count). The van der Waals surface area contributed by atoms with Crippen LogP contribution in [0, 0.1) is 16.2 Å². The van der Waals surface area contributed by atoms with E-state index in [1.54, 1.807) is 32.9 Å². The van der Waals surface area contributed by atoms with Crippen molar-refractivity contribution in [1.82, 2.24) is 0 Å². The van der Waals surface area contributed by atoms with Crippen LogP contribution in [0.2, 0.25) is 0 Å². The highest BCUT2D eigenvalue weighted by Gasteiger charge is 2.38. The first-order valence-electron chi connectivity index (χ1n) is 15.2. The number of carboxylic acids is 1. The second kappa shape index (κ2) is 25.8. The number of carbonyl (C=O) groups is 3. The third kappa shape index (κ3) is 15.5. The van der Waals surface area contributed by atoms with Gasteiger partial charge in [0.05, 0.1) is 52.9 Å². The lowest BCUT2D eigenvalue weighted by Gasteiger charge is -2.25. The van der Waals surface area contributed by atoms with Crippen LogP contribution < -0.4 is 0 Å². The third-order valence-corrected chi connectivity index (χ3v) is 7.63. The molecule has 14 nitrogen and oxygen atoms in total. The van der Waals surface area contributed by atoms with Gasteiger partial charge in [0.25, 0.3) is 0 Å². The van der Waals surface area contributed by atoms with Crippen LogP contribution in [0.1, 0.15) is 57.6 Å². The predicted octanol–water partition coefficient (Wildman–Crippen LogP) is 1.64. The molecule has 0 fully saturated rings. The van der Waals surface area contributed by atoms with E-state index < -0.39 is 73.8 Å². The van der Waals surface area contributed by atoms with Crippen molar-refractivity contribution in [3.05, 3.63) is 54.6 Å². The van der Waals surface area contributed by atoms with Gasteiger partial charge in [0.1, 0.15) is 29.5 Å². The smallest absolute Gasteiger partial charge is 0.317 e. The highest BCUT2D eigenvalue weighted by atomic mass is 17.2. The number of hydrogen-bond donors (Lipinski definition) is 7. The van der Waals surface area contributed by atoms with E-state index in [4.69, 9.17) is 39.9 Å². The number of aliphatic carboxylic acids is 1. The summed E-state index contributed by atoms with van der Waals surface area (Å²) in [6, 6.07) is 7.44. The molecule has 0 aliphatic rings. The topological polar surface area (TPSA) is 230 Å². The van der Waals surface area contributed by atoms with Crippen molar-refractivity contribution < 1.29 is 69.4 Å². The number of esters is 2. The number of hydrogen-bond acceptors (Lipinski definition) is 13. The quantitative estimate of drug-likeness (QED) is 0.0305. The van der Waals surface area contributed by atoms with Crippen molar-refractivity contribution in [2.24, 2.45) is 16.2 Å². The number of aliphatic hydroxyl groups is 6.